The highest BCUT2D eigenvalue weighted by atomic mass is 35.5. The lowest BCUT2D eigenvalue weighted by Crippen LogP contribution is -2.14. The van der Waals surface area contributed by atoms with Gasteiger partial charge in [0.1, 0.15) is 10.9 Å². The van der Waals surface area contributed by atoms with Crippen LogP contribution in [0.2, 0.25) is 5.15 Å². The van der Waals surface area contributed by atoms with Gasteiger partial charge < -0.3 is 16.2 Å². The van der Waals surface area contributed by atoms with Crippen molar-refractivity contribution in [2.45, 2.75) is 0 Å². The van der Waals surface area contributed by atoms with E-state index >= 15 is 0 Å². The van der Waals surface area contributed by atoms with Crippen molar-refractivity contribution in [3.63, 3.8) is 0 Å². The molecule has 1 heterocycles. The molecule has 1 aromatic carbocycles. The largest absolute Gasteiger partial charge is 0.508 e. The monoisotopic (exact) mass is 263 g/mol. The number of nitrogen functional groups attached to an aromatic ring is 1. The van der Waals surface area contributed by atoms with Gasteiger partial charge in [-0.3, -0.25) is 4.79 Å². The first-order valence-electron chi connectivity index (χ1n) is 5.07. The van der Waals surface area contributed by atoms with Crippen LogP contribution in [0.4, 0.5) is 11.4 Å². The Morgan fingerprint density at radius 1 is 1.39 bits per heavy atom. The van der Waals surface area contributed by atoms with Crippen LogP contribution in [0.3, 0.4) is 0 Å². The Labute approximate surface area is 108 Å². The SMILES string of the molecule is Nc1cnc(Cl)cc1C(=O)Nc1cccc(O)c1. The third kappa shape index (κ3) is 2.70. The zero-order valence-corrected chi connectivity index (χ0v) is 9.98. The van der Waals surface area contributed by atoms with Crippen molar-refractivity contribution in [3.05, 3.63) is 47.2 Å². The number of rotatable bonds is 2. The molecule has 0 radical (unpaired) electrons. The molecule has 2 rings (SSSR count). The maximum Gasteiger partial charge on any atom is 0.257 e. The second kappa shape index (κ2) is 4.93. The number of phenols is 1. The van der Waals surface area contributed by atoms with Crippen LogP contribution in [0.5, 0.6) is 5.75 Å². The Kier molecular flexibility index (Phi) is 3.34. The lowest BCUT2D eigenvalue weighted by atomic mass is 10.2. The number of nitrogens with one attached hydrogen (secondary N) is 1. The van der Waals surface area contributed by atoms with Gasteiger partial charge in [-0.05, 0) is 18.2 Å². The number of amides is 1. The summed E-state index contributed by atoms with van der Waals surface area (Å²) in [7, 11) is 0. The van der Waals surface area contributed by atoms with Crippen molar-refractivity contribution in [3.8, 4) is 5.75 Å². The molecule has 5 nitrogen and oxygen atoms in total. The number of benzene rings is 1. The molecule has 0 saturated carbocycles. The molecule has 0 unspecified atom stereocenters. The molecule has 0 aliphatic carbocycles. The summed E-state index contributed by atoms with van der Waals surface area (Å²) in [5, 5.41) is 12.1. The summed E-state index contributed by atoms with van der Waals surface area (Å²) in [6.07, 6.45) is 1.32. The van der Waals surface area contributed by atoms with Crippen molar-refractivity contribution < 1.29 is 9.90 Å². The molecule has 0 aliphatic rings. The van der Waals surface area contributed by atoms with E-state index in [0.717, 1.165) is 0 Å². The van der Waals surface area contributed by atoms with E-state index in [-0.39, 0.29) is 22.2 Å². The maximum atomic E-state index is 11.9. The average Bonchev–Trinajstić information content (AvgIpc) is 2.32. The number of anilines is 2. The van der Waals surface area contributed by atoms with Gasteiger partial charge in [-0.25, -0.2) is 4.98 Å². The van der Waals surface area contributed by atoms with Gasteiger partial charge >= 0.3 is 0 Å². The fourth-order valence-corrected chi connectivity index (χ4v) is 1.58. The van der Waals surface area contributed by atoms with Gasteiger partial charge in [-0.2, -0.15) is 0 Å². The normalized spacial score (nSPS) is 10.1. The topological polar surface area (TPSA) is 88.2 Å². The number of aromatic hydroxyl groups is 1. The molecule has 0 fully saturated rings. The van der Waals surface area contributed by atoms with E-state index in [9.17, 15) is 9.90 Å². The highest BCUT2D eigenvalue weighted by molar-refractivity contribution is 6.30. The summed E-state index contributed by atoms with van der Waals surface area (Å²) >= 11 is 5.70. The third-order valence-electron chi connectivity index (χ3n) is 2.25. The van der Waals surface area contributed by atoms with Gasteiger partial charge in [0, 0.05) is 11.8 Å². The Morgan fingerprint density at radius 3 is 2.89 bits per heavy atom. The number of nitrogens with two attached hydrogens (primary N) is 1. The summed E-state index contributed by atoms with van der Waals surface area (Å²) < 4.78 is 0. The van der Waals surface area contributed by atoms with E-state index in [1.54, 1.807) is 12.1 Å². The molecule has 4 N–H and O–H groups in total. The number of phenolic OH excluding ortho intramolecular Hbond substituents is 1. The van der Waals surface area contributed by atoms with Crippen LogP contribution in [0.25, 0.3) is 0 Å². The standard InChI is InChI=1S/C12H10ClN3O2/c13-11-5-9(10(14)6-15-11)12(18)16-7-2-1-3-8(17)4-7/h1-6,17H,14H2,(H,16,18). The average molecular weight is 264 g/mol. The molecule has 1 aromatic heterocycles. The van der Waals surface area contributed by atoms with Gasteiger partial charge in [0.15, 0.2) is 0 Å². The maximum absolute atomic E-state index is 11.9. The smallest absolute Gasteiger partial charge is 0.257 e. The minimum Gasteiger partial charge on any atom is -0.508 e. The molecule has 18 heavy (non-hydrogen) atoms. The van der Waals surface area contributed by atoms with E-state index in [0.29, 0.717) is 5.69 Å². The van der Waals surface area contributed by atoms with Crippen molar-refractivity contribution in [1.82, 2.24) is 4.98 Å². The molecule has 1 amide bonds. The fourth-order valence-electron chi connectivity index (χ4n) is 1.42. The Bertz CT molecular complexity index is 602. The summed E-state index contributed by atoms with van der Waals surface area (Å²) in [5.41, 5.74) is 6.58. The highest BCUT2D eigenvalue weighted by Gasteiger charge is 2.11. The number of nitrogens with zero attached hydrogens (tertiary/aromatic N) is 1. The van der Waals surface area contributed by atoms with Gasteiger partial charge in [0.05, 0.1) is 17.4 Å². The van der Waals surface area contributed by atoms with E-state index in [2.05, 4.69) is 10.3 Å². The van der Waals surface area contributed by atoms with Crippen LogP contribution >= 0.6 is 11.6 Å². The Hall–Kier alpha value is -2.27. The number of hydrogen-bond acceptors (Lipinski definition) is 4. The van der Waals surface area contributed by atoms with E-state index in [1.807, 2.05) is 0 Å². The molecule has 92 valence electrons. The number of carbonyl (C=O) groups is 1. The molecule has 0 atom stereocenters. The van der Waals surface area contributed by atoms with Gasteiger partial charge in [0.2, 0.25) is 0 Å². The number of pyridine rings is 1. The van der Waals surface area contributed by atoms with Gasteiger partial charge in [0.25, 0.3) is 5.91 Å². The molecular formula is C12H10ClN3O2. The van der Waals surface area contributed by atoms with Crippen LogP contribution < -0.4 is 11.1 Å². The molecule has 0 aliphatic heterocycles. The lowest BCUT2D eigenvalue weighted by molar-refractivity contribution is 0.102. The number of carbonyl (C=O) groups excluding carboxylic acids is 1. The first-order valence-corrected chi connectivity index (χ1v) is 5.45. The van der Waals surface area contributed by atoms with Crippen molar-refractivity contribution in [2.75, 3.05) is 11.1 Å². The number of hydrogen-bond donors (Lipinski definition) is 3. The first-order chi connectivity index (χ1) is 8.56. The minimum absolute atomic E-state index is 0.0635. The van der Waals surface area contributed by atoms with E-state index < -0.39 is 5.91 Å². The molecular weight excluding hydrogens is 254 g/mol. The summed E-state index contributed by atoms with van der Waals surface area (Å²) in [6, 6.07) is 7.59. The van der Waals surface area contributed by atoms with Crippen LogP contribution in [-0.2, 0) is 0 Å². The zero-order valence-electron chi connectivity index (χ0n) is 9.22. The van der Waals surface area contributed by atoms with Crippen LogP contribution in [0.1, 0.15) is 10.4 Å². The second-order valence-electron chi connectivity index (χ2n) is 3.60. The number of aromatic nitrogens is 1. The molecule has 6 heteroatoms. The minimum atomic E-state index is -0.414. The molecule has 0 saturated heterocycles. The fraction of sp³-hybridized carbons (Fsp3) is 0. The van der Waals surface area contributed by atoms with Crippen LogP contribution in [0, 0.1) is 0 Å². The highest BCUT2D eigenvalue weighted by Crippen LogP contribution is 2.19. The predicted molar refractivity (Wildman–Crippen MR) is 69.7 cm³/mol. The zero-order chi connectivity index (χ0) is 13.1. The molecule has 0 bridgehead atoms. The van der Waals surface area contributed by atoms with Gasteiger partial charge in [-0.15, -0.1) is 0 Å². The third-order valence-corrected chi connectivity index (χ3v) is 2.46. The Morgan fingerprint density at radius 2 is 2.17 bits per heavy atom. The second-order valence-corrected chi connectivity index (χ2v) is 3.99. The van der Waals surface area contributed by atoms with E-state index in [1.165, 1.54) is 24.4 Å². The predicted octanol–water partition coefficient (Wildman–Crippen LogP) is 2.28. The lowest BCUT2D eigenvalue weighted by Gasteiger charge is -2.07. The number of halogens is 1. The molecule has 0 spiro atoms. The van der Waals surface area contributed by atoms with Gasteiger partial charge in [-0.1, -0.05) is 17.7 Å². The van der Waals surface area contributed by atoms with Crippen molar-refractivity contribution in [1.29, 1.82) is 0 Å². The summed E-state index contributed by atoms with van der Waals surface area (Å²) in [6.45, 7) is 0. The van der Waals surface area contributed by atoms with E-state index in [4.69, 9.17) is 17.3 Å². The summed E-state index contributed by atoms with van der Waals surface area (Å²) in [4.78, 5) is 15.7. The van der Waals surface area contributed by atoms with Crippen molar-refractivity contribution >= 4 is 28.9 Å². The first kappa shape index (κ1) is 12.2. The Balaban J connectivity index is 2.24. The van der Waals surface area contributed by atoms with Crippen LogP contribution in [0.15, 0.2) is 36.5 Å². The summed E-state index contributed by atoms with van der Waals surface area (Å²) in [5.74, 6) is -0.351. The van der Waals surface area contributed by atoms with Crippen molar-refractivity contribution in [2.24, 2.45) is 0 Å². The molecule has 2 aromatic rings. The van der Waals surface area contributed by atoms with Crippen LogP contribution in [-0.4, -0.2) is 16.0 Å². The quantitative estimate of drug-likeness (QED) is 0.725.